The number of carbonyl (C=O) groups excluding carboxylic acids is 1. The van der Waals surface area contributed by atoms with Crippen molar-refractivity contribution in [3.8, 4) is 0 Å². The number of nitrogens with one attached hydrogen (secondary N) is 1. The first-order valence-electron chi connectivity index (χ1n) is 14.8. The molecule has 3 aromatic carbocycles. The second-order valence-electron chi connectivity index (χ2n) is 11.4. The van der Waals surface area contributed by atoms with Crippen LogP contribution in [0.15, 0.2) is 89.8 Å². The highest BCUT2D eigenvalue weighted by molar-refractivity contribution is 7.89. The largest absolute Gasteiger partial charge is 0.384 e. The van der Waals surface area contributed by atoms with E-state index in [2.05, 4.69) is 72.6 Å². The molecule has 0 atom stereocenters. The van der Waals surface area contributed by atoms with Crippen LogP contribution in [0.5, 0.6) is 0 Å². The summed E-state index contributed by atoms with van der Waals surface area (Å²) in [5, 5.41) is 3.50. The summed E-state index contributed by atoms with van der Waals surface area (Å²) in [6.45, 7) is 9.13. The average molecular weight is 575 g/mol. The van der Waals surface area contributed by atoms with Crippen LogP contribution >= 0.6 is 0 Å². The minimum atomic E-state index is -3.61. The molecule has 0 aliphatic carbocycles. The van der Waals surface area contributed by atoms with E-state index in [9.17, 15) is 13.2 Å². The van der Waals surface area contributed by atoms with E-state index in [-0.39, 0.29) is 17.7 Å². The lowest BCUT2D eigenvalue weighted by atomic mass is 9.91. The molecule has 8 heteroatoms. The Bertz CT molecular complexity index is 1330. The van der Waals surface area contributed by atoms with Gasteiger partial charge in [0.15, 0.2) is 0 Å². The Morgan fingerprint density at radius 2 is 1.32 bits per heavy atom. The van der Waals surface area contributed by atoms with Crippen LogP contribution in [0, 0.1) is 5.92 Å². The quantitative estimate of drug-likeness (QED) is 0.394. The lowest BCUT2D eigenvalue weighted by Crippen LogP contribution is -2.53. The summed E-state index contributed by atoms with van der Waals surface area (Å²) in [7, 11) is -3.61. The highest BCUT2D eigenvalue weighted by atomic mass is 32.2. The molecule has 5 rings (SSSR count). The number of piperazine rings is 1. The predicted molar refractivity (Wildman–Crippen MR) is 164 cm³/mol. The molecule has 2 aliphatic heterocycles. The third-order valence-electron chi connectivity index (χ3n) is 8.57. The van der Waals surface area contributed by atoms with Crippen molar-refractivity contribution in [2.45, 2.75) is 43.5 Å². The van der Waals surface area contributed by atoms with Crippen LogP contribution in [0.4, 0.5) is 5.69 Å². The Labute approximate surface area is 245 Å². The van der Waals surface area contributed by atoms with Gasteiger partial charge in [-0.3, -0.25) is 9.69 Å². The smallest absolute Gasteiger partial charge is 0.243 e. The fourth-order valence-electron chi connectivity index (χ4n) is 5.97. The number of sulfonamides is 1. The van der Waals surface area contributed by atoms with Gasteiger partial charge in [-0.05, 0) is 62.1 Å². The summed E-state index contributed by atoms with van der Waals surface area (Å²) in [4.78, 5) is 17.8. The van der Waals surface area contributed by atoms with Crippen LogP contribution in [0.3, 0.4) is 0 Å². The lowest BCUT2D eigenvalue weighted by Gasteiger charge is -2.39. The molecule has 0 saturated carbocycles. The van der Waals surface area contributed by atoms with Gasteiger partial charge in [0.2, 0.25) is 15.9 Å². The van der Waals surface area contributed by atoms with E-state index in [1.165, 1.54) is 15.4 Å². The van der Waals surface area contributed by atoms with Gasteiger partial charge in [-0.25, -0.2) is 8.42 Å². The van der Waals surface area contributed by atoms with E-state index in [0.717, 1.165) is 31.9 Å². The third-order valence-corrected chi connectivity index (χ3v) is 10.5. The van der Waals surface area contributed by atoms with E-state index in [1.54, 1.807) is 12.1 Å². The molecule has 0 bridgehead atoms. The molecule has 2 aliphatic rings. The molecule has 2 heterocycles. The number of rotatable bonds is 9. The fourth-order valence-corrected chi connectivity index (χ4v) is 7.44. The maximum absolute atomic E-state index is 13.4. The van der Waals surface area contributed by atoms with Crippen molar-refractivity contribution in [1.29, 1.82) is 0 Å². The van der Waals surface area contributed by atoms with Crippen LogP contribution in [0.2, 0.25) is 0 Å². The Morgan fingerprint density at radius 3 is 1.83 bits per heavy atom. The number of amides is 1. The number of piperidine rings is 1. The van der Waals surface area contributed by atoms with Crippen molar-refractivity contribution in [1.82, 2.24) is 14.1 Å². The van der Waals surface area contributed by atoms with Gasteiger partial charge in [-0.1, -0.05) is 60.7 Å². The number of hydrogen-bond donors (Lipinski definition) is 1. The monoisotopic (exact) mass is 574 g/mol. The van der Waals surface area contributed by atoms with Crippen LogP contribution in [0.1, 0.15) is 43.7 Å². The van der Waals surface area contributed by atoms with Crippen LogP contribution in [0.25, 0.3) is 0 Å². The Hall–Kier alpha value is -3.20. The van der Waals surface area contributed by atoms with E-state index in [1.807, 2.05) is 29.2 Å². The van der Waals surface area contributed by atoms with Crippen molar-refractivity contribution in [2.24, 2.45) is 5.92 Å². The van der Waals surface area contributed by atoms with Gasteiger partial charge in [0, 0.05) is 69.4 Å². The van der Waals surface area contributed by atoms with Gasteiger partial charge in [0.25, 0.3) is 0 Å². The summed E-state index contributed by atoms with van der Waals surface area (Å²) in [5.41, 5.74) is 3.33. The van der Waals surface area contributed by atoms with Gasteiger partial charge >= 0.3 is 0 Å². The Kier molecular flexibility index (Phi) is 9.42. The summed E-state index contributed by atoms with van der Waals surface area (Å²) < 4.78 is 28.4. The average Bonchev–Trinajstić information content (AvgIpc) is 3.02. The number of nitrogens with zero attached hydrogens (tertiary/aromatic N) is 3. The minimum absolute atomic E-state index is 0.0965. The molecular weight excluding hydrogens is 532 g/mol. The Balaban J connectivity index is 1.16. The van der Waals surface area contributed by atoms with Gasteiger partial charge in [-0.2, -0.15) is 4.31 Å². The van der Waals surface area contributed by atoms with Gasteiger partial charge in [-0.15, -0.1) is 0 Å². The molecule has 7 nitrogen and oxygen atoms in total. The van der Waals surface area contributed by atoms with Crippen molar-refractivity contribution >= 4 is 21.6 Å². The molecule has 0 radical (unpaired) electrons. The van der Waals surface area contributed by atoms with E-state index in [4.69, 9.17) is 0 Å². The maximum Gasteiger partial charge on any atom is 0.243 e. The SMILES string of the molecule is CC(C)N1CCN(C(=O)C2CCN(S(=O)(=O)c3ccc(NCC(c4ccccc4)c4ccccc4)cc3)CC2)CC1. The van der Waals surface area contributed by atoms with Gasteiger partial charge in [0.05, 0.1) is 4.90 Å². The molecular formula is C33H42N4O3S. The third kappa shape index (κ3) is 7.00. The first-order chi connectivity index (χ1) is 19.8. The first kappa shape index (κ1) is 29.3. The topological polar surface area (TPSA) is 73.0 Å². The van der Waals surface area contributed by atoms with Crippen molar-refractivity contribution < 1.29 is 13.2 Å². The molecule has 2 saturated heterocycles. The van der Waals surface area contributed by atoms with Crippen molar-refractivity contribution in [3.63, 3.8) is 0 Å². The molecule has 0 unspecified atom stereocenters. The lowest BCUT2D eigenvalue weighted by molar-refractivity contribution is -0.138. The summed E-state index contributed by atoms with van der Waals surface area (Å²) in [5.74, 6) is 0.259. The second-order valence-corrected chi connectivity index (χ2v) is 13.4. The summed E-state index contributed by atoms with van der Waals surface area (Å²) in [6, 6.07) is 28.3. The minimum Gasteiger partial charge on any atom is -0.384 e. The summed E-state index contributed by atoms with van der Waals surface area (Å²) in [6.07, 6.45) is 1.14. The first-order valence-corrected chi connectivity index (χ1v) is 16.2. The molecule has 2 fully saturated rings. The molecule has 218 valence electrons. The number of anilines is 1. The number of hydrogen-bond acceptors (Lipinski definition) is 5. The molecule has 0 aromatic heterocycles. The molecule has 3 aromatic rings. The fraction of sp³-hybridized carbons (Fsp3) is 0.424. The Morgan fingerprint density at radius 1 is 0.780 bits per heavy atom. The zero-order valence-corrected chi connectivity index (χ0v) is 25.0. The highest BCUT2D eigenvalue weighted by Crippen LogP contribution is 2.28. The second kappa shape index (κ2) is 13.2. The van der Waals surface area contributed by atoms with Crippen molar-refractivity contribution in [3.05, 3.63) is 96.1 Å². The van der Waals surface area contributed by atoms with E-state index in [0.29, 0.717) is 43.4 Å². The molecule has 1 N–H and O–H groups in total. The molecule has 0 spiro atoms. The van der Waals surface area contributed by atoms with Crippen LogP contribution in [-0.4, -0.2) is 80.3 Å². The maximum atomic E-state index is 13.4. The van der Waals surface area contributed by atoms with E-state index >= 15 is 0 Å². The molecule has 41 heavy (non-hydrogen) atoms. The number of carbonyl (C=O) groups is 1. The van der Waals surface area contributed by atoms with Gasteiger partial charge in [0.1, 0.15) is 0 Å². The normalized spacial score (nSPS) is 17.7. The van der Waals surface area contributed by atoms with Crippen molar-refractivity contribution in [2.75, 3.05) is 51.1 Å². The van der Waals surface area contributed by atoms with Gasteiger partial charge < -0.3 is 10.2 Å². The zero-order valence-electron chi connectivity index (χ0n) is 24.2. The van der Waals surface area contributed by atoms with Crippen LogP contribution < -0.4 is 5.32 Å². The zero-order chi connectivity index (χ0) is 28.8. The highest BCUT2D eigenvalue weighted by Gasteiger charge is 2.34. The molecule has 1 amide bonds. The summed E-state index contributed by atoms with van der Waals surface area (Å²) >= 11 is 0. The predicted octanol–water partition coefficient (Wildman–Crippen LogP) is 4.88. The van der Waals surface area contributed by atoms with E-state index < -0.39 is 10.0 Å². The number of benzene rings is 3. The standard InChI is InChI=1S/C33H42N4O3S/c1-26(2)35-21-23-36(24-22-35)33(38)29-17-19-37(20-18-29)41(39,40)31-15-13-30(14-16-31)34-25-32(27-9-5-3-6-10-27)28-11-7-4-8-12-28/h3-16,26,29,32,34H,17-25H2,1-2H3. The van der Waals surface area contributed by atoms with Crippen LogP contribution in [-0.2, 0) is 14.8 Å².